The highest BCUT2D eigenvalue weighted by atomic mass is 16.6. The number of allylic oxidation sites excluding steroid dienone is 18. The summed E-state index contributed by atoms with van der Waals surface area (Å²) in [6.45, 7) is 6.29. The molecule has 0 heterocycles. The molecule has 0 aliphatic rings. The van der Waals surface area contributed by atoms with Crippen LogP contribution in [0.15, 0.2) is 109 Å². The van der Waals surface area contributed by atoms with Crippen LogP contribution in [0, 0.1) is 0 Å². The lowest BCUT2D eigenvalue weighted by Gasteiger charge is -2.18. The normalized spacial score (nSPS) is 13.0. The van der Waals surface area contributed by atoms with Gasteiger partial charge in [0.15, 0.2) is 6.10 Å². The molecular formula is C58H94O6. The summed E-state index contributed by atoms with van der Waals surface area (Å²) in [6.07, 6.45) is 69.3. The molecule has 362 valence electrons. The third kappa shape index (κ3) is 49.1. The highest BCUT2D eigenvalue weighted by Gasteiger charge is 2.19. The van der Waals surface area contributed by atoms with Gasteiger partial charge in [0, 0.05) is 19.3 Å². The predicted molar refractivity (Wildman–Crippen MR) is 274 cm³/mol. The van der Waals surface area contributed by atoms with Gasteiger partial charge in [0.2, 0.25) is 0 Å². The lowest BCUT2D eigenvalue weighted by Crippen LogP contribution is -2.30. The molecule has 64 heavy (non-hydrogen) atoms. The van der Waals surface area contributed by atoms with Gasteiger partial charge < -0.3 is 14.2 Å². The molecular weight excluding hydrogens is 793 g/mol. The van der Waals surface area contributed by atoms with Crippen LogP contribution in [-0.4, -0.2) is 37.2 Å². The topological polar surface area (TPSA) is 78.9 Å². The first-order chi connectivity index (χ1) is 31.5. The molecule has 0 saturated carbocycles. The lowest BCUT2D eigenvalue weighted by molar-refractivity contribution is -0.167. The van der Waals surface area contributed by atoms with Crippen molar-refractivity contribution >= 4 is 17.9 Å². The molecule has 0 aliphatic heterocycles. The van der Waals surface area contributed by atoms with Crippen molar-refractivity contribution in [3.63, 3.8) is 0 Å². The average molecular weight is 887 g/mol. The smallest absolute Gasteiger partial charge is 0.306 e. The Balaban J connectivity index is 4.43. The summed E-state index contributed by atoms with van der Waals surface area (Å²) < 4.78 is 16.7. The average Bonchev–Trinajstić information content (AvgIpc) is 3.29. The van der Waals surface area contributed by atoms with Crippen molar-refractivity contribution in [2.75, 3.05) is 13.2 Å². The van der Waals surface area contributed by atoms with Crippen LogP contribution in [0.2, 0.25) is 0 Å². The van der Waals surface area contributed by atoms with Gasteiger partial charge in [-0.25, -0.2) is 0 Å². The van der Waals surface area contributed by atoms with E-state index in [1.165, 1.54) is 25.7 Å². The number of hydrogen-bond acceptors (Lipinski definition) is 6. The zero-order chi connectivity index (χ0) is 46.5. The number of esters is 3. The Morgan fingerprint density at radius 1 is 0.328 bits per heavy atom. The van der Waals surface area contributed by atoms with Gasteiger partial charge in [0.25, 0.3) is 0 Å². The van der Waals surface area contributed by atoms with E-state index in [0.29, 0.717) is 19.3 Å². The van der Waals surface area contributed by atoms with E-state index in [1.807, 2.05) is 0 Å². The predicted octanol–water partition coefficient (Wildman–Crippen LogP) is 17.1. The Morgan fingerprint density at radius 2 is 0.609 bits per heavy atom. The first-order valence-electron chi connectivity index (χ1n) is 25.9. The first-order valence-corrected chi connectivity index (χ1v) is 25.9. The lowest BCUT2D eigenvalue weighted by atomic mass is 10.1. The first kappa shape index (κ1) is 60.1. The van der Waals surface area contributed by atoms with Gasteiger partial charge in [0.05, 0.1) is 0 Å². The van der Waals surface area contributed by atoms with E-state index < -0.39 is 6.10 Å². The van der Waals surface area contributed by atoms with E-state index >= 15 is 0 Å². The van der Waals surface area contributed by atoms with E-state index in [9.17, 15) is 14.4 Å². The highest BCUT2D eigenvalue weighted by Crippen LogP contribution is 2.13. The zero-order valence-corrected chi connectivity index (χ0v) is 41.3. The second-order valence-electron chi connectivity index (χ2n) is 16.7. The van der Waals surface area contributed by atoms with Crippen molar-refractivity contribution in [3.05, 3.63) is 109 Å². The van der Waals surface area contributed by atoms with E-state index in [2.05, 4.69) is 130 Å². The van der Waals surface area contributed by atoms with Crippen LogP contribution < -0.4 is 0 Å². The maximum absolute atomic E-state index is 12.8. The summed E-state index contributed by atoms with van der Waals surface area (Å²) in [7, 11) is 0. The molecule has 0 rings (SSSR count). The SMILES string of the molecule is CC/C=C\C/C=C\C/C=C\C/C=C\CCCCCCCCC(=O)OCC(COC(=O)CCCCCCC/C=C\CCC)OC(=O)CCCCCC/C=C\C/C=C\C/C=C\C/C=C\CC. The fraction of sp³-hybridized carbons (Fsp3) is 0.638. The van der Waals surface area contributed by atoms with E-state index in [1.54, 1.807) is 0 Å². The number of unbranched alkanes of at least 4 members (excludes halogenated alkanes) is 16. The van der Waals surface area contributed by atoms with Gasteiger partial charge in [-0.15, -0.1) is 0 Å². The maximum atomic E-state index is 12.8. The second kappa shape index (κ2) is 51.7. The van der Waals surface area contributed by atoms with Gasteiger partial charge in [-0.3, -0.25) is 14.4 Å². The molecule has 0 aliphatic carbocycles. The molecule has 0 bridgehead atoms. The monoisotopic (exact) mass is 887 g/mol. The number of carbonyl (C=O) groups is 3. The number of hydrogen-bond donors (Lipinski definition) is 0. The minimum atomic E-state index is -0.801. The third-order valence-corrected chi connectivity index (χ3v) is 10.5. The summed E-state index contributed by atoms with van der Waals surface area (Å²) in [4.78, 5) is 38.0. The summed E-state index contributed by atoms with van der Waals surface area (Å²) >= 11 is 0. The van der Waals surface area contributed by atoms with Crippen molar-refractivity contribution in [2.24, 2.45) is 0 Å². The van der Waals surface area contributed by atoms with E-state index in [0.717, 1.165) is 154 Å². The molecule has 0 saturated heterocycles. The van der Waals surface area contributed by atoms with Crippen LogP contribution in [0.3, 0.4) is 0 Å². The number of ether oxygens (including phenoxy) is 3. The van der Waals surface area contributed by atoms with Crippen LogP contribution in [-0.2, 0) is 28.6 Å². The summed E-state index contributed by atoms with van der Waals surface area (Å²) in [6, 6.07) is 0. The van der Waals surface area contributed by atoms with Gasteiger partial charge in [-0.05, 0) is 116 Å². The fourth-order valence-corrected chi connectivity index (χ4v) is 6.66. The molecule has 0 aromatic heterocycles. The number of rotatable bonds is 45. The van der Waals surface area contributed by atoms with Crippen molar-refractivity contribution in [2.45, 2.75) is 226 Å². The van der Waals surface area contributed by atoms with E-state index in [-0.39, 0.29) is 31.1 Å². The Labute approximate surface area is 393 Å². The van der Waals surface area contributed by atoms with Crippen molar-refractivity contribution in [1.29, 1.82) is 0 Å². The summed E-state index contributed by atoms with van der Waals surface area (Å²) in [5.41, 5.74) is 0. The molecule has 0 fully saturated rings. The van der Waals surface area contributed by atoms with Crippen molar-refractivity contribution in [3.8, 4) is 0 Å². The second-order valence-corrected chi connectivity index (χ2v) is 16.7. The quantitative estimate of drug-likeness (QED) is 0.0262. The Kier molecular flexibility index (Phi) is 48.5. The molecule has 6 nitrogen and oxygen atoms in total. The molecule has 0 aromatic rings. The summed E-state index contributed by atoms with van der Waals surface area (Å²) in [5.74, 6) is -0.954. The molecule has 0 aromatic carbocycles. The van der Waals surface area contributed by atoms with Crippen LogP contribution in [0.5, 0.6) is 0 Å². The number of carbonyl (C=O) groups excluding carboxylic acids is 3. The fourth-order valence-electron chi connectivity index (χ4n) is 6.66. The molecule has 0 amide bonds. The Hall–Kier alpha value is -3.93. The largest absolute Gasteiger partial charge is 0.462 e. The van der Waals surface area contributed by atoms with Crippen LogP contribution in [0.25, 0.3) is 0 Å². The maximum Gasteiger partial charge on any atom is 0.306 e. The Bertz CT molecular complexity index is 1340. The molecule has 1 unspecified atom stereocenters. The molecule has 0 radical (unpaired) electrons. The van der Waals surface area contributed by atoms with Crippen LogP contribution in [0.4, 0.5) is 0 Å². The van der Waals surface area contributed by atoms with Gasteiger partial charge in [-0.1, -0.05) is 194 Å². The van der Waals surface area contributed by atoms with Gasteiger partial charge >= 0.3 is 17.9 Å². The van der Waals surface area contributed by atoms with Crippen molar-refractivity contribution < 1.29 is 28.6 Å². The zero-order valence-electron chi connectivity index (χ0n) is 41.3. The Morgan fingerprint density at radius 3 is 0.969 bits per heavy atom. The van der Waals surface area contributed by atoms with Crippen LogP contribution >= 0.6 is 0 Å². The summed E-state index contributed by atoms with van der Waals surface area (Å²) in [5, 5.41) is 0. The minimum absolute atomic E-state index is 0.0995. The van der Waals surface area contributed by atoms with Gasteiger partial charge in [-0.2, -0.15) is 0 Å². The molecule has 1 atom stereocenters. The van der Waals surface area contributed by atoms with Gasteiger partial charge in [0.1, 0.15) is 13.2 Å². The highest BCUT2D eigenvalue weighted by molar-refractivity contribution is 5.71. The third-order valence-electron chi connectivity index (χ3n) is 10.5. The molecule has 0 N–H and O–H groups in total. The van der Waals surface area contributed by atoms with Crippen molar-refractivity contribution in [1.82, 2.24) is 0 Å². The molecule has 6 heteroatoms. The van der Waals surface area contributed by atoms with Crippen LogP contribution in [0.1, 0.15) is 220 Å². The minimum Gasteiger partial charge on any atom is -0.462 e. The molecule has 0 spiro atoms. The standard InChI is InChI=1S/C58H94O6/c1-4-7-10-13-16-19-22-24-26-28-29-31-32-34-36-39-42-45-48-51-57(60)63-54-55(53-62-56(59)50-47-44-41-38-21-18-15-12-9-6-3)64-58(61)52-49-46-43-40-37-35-33-30-27-25-23-20-17-14-11-8-5-2/h7-8,10-12,15-17,19-20,24-27,29,31,33,35,55H,4-6,9,13-14,18,21-23,28,30,32,34,36-54H2,1-3H3/b10-7-,11-8-,15-12-,19-16-,20-17-,26-24-,27-25-,31-29-,35-33-. The van der Waals surface area contributed by atoms with E-state index in [4.69, 9.17) is 14.2 Å².